The Kier molecular flexibility index (Phi) is 8.96. The molecule has 5 nitrogen and oxygen atoms in total. The first kappa shape index (κ1) is 27.8. The highest BCUT2D eigenvalue weighted by molar-refractivity contribution is 5.92. The largest absolute Gasteiger partial charge is 0.472 e. The number of esters is 1. The lowest BCUT2D eigenvalue weighted by Crippen LogP contribution is -2.10. The summed E-state index contributed by atoms with van der Waals surface area (Å²) < 4.78 is 79.4. The minimum atomic E-state index is -4.69. The van der Waals surface area contributed by atoms with Crippen molar-refractivity contribution in [2.75, 3.05) is 6.61 Å². The number of halogens is 5. The maximum Gasteiger partial charge on any atom is 0.417 e. The molecule has 0 aliphatic rings. The van der Waals surface area contributed by atoms with Crippen LogP contribution < -0.4 is 4.74 Å². The van der Waals surface area contributed by atoms with Crippen LogP contribution in [0.15, 0.2) is 48.7 Å². The average Bonchev–Trinajstić information content (AvgIpc) is 2.86. The van der Waals surface area contributed by atoms with E-state index in [0.29, 0.717) is 35.9 Å². The van der Waals surface area contributed by atoms with Crippen molar-refractivity contribution >= 4 is 17.1 Å². The average molecular weight is 520 g/mol. The first-order chi connectivity index (χ1) is 17.6. The zero-order valence-electron chi connectivity index (χ0n) is 20.5. The highest BCUT2D eigenvalue weighted by Crippen LogP contribution is 2.37. The Labute approximate surface area is 211 Å². The molecule has 0 atom stereocenters. The summed E-state index contributed by atoms with van der Waals surface area (Å²) in [5, 5.41) is 0. The van der Waals surface area contributed by atoms with E-state index in [2.05, 4.69) is 9.97 Å². The van der Waals surface area contributed by atoms with Crippen LogP contribution in [0.2, 0.25) is 0 Å². The summed E-state index contributed by atoms with van der Waals surface area (Å²) in [6.07, 6.45) is -3.07. The van der Waals surface area contributed by atoms with Crippen LogP contribution in [0.3, 0.4) is 0 Å². The molecule has 10 heteroatoms. The van der Waals surface area contributed by atoms with Gasteiger partial charge in [0.25, 0.3) is 0 Å². The first-order valence-electron chi connectivity index (χ1n) is 11.5. The maximum absolute atomic E-state index is 14.1. The molecule has 0 saturated heterocycles. The Morgan fingerprint density at radius 2 is 1.65 bits per heavy atom. The quantitative estimate of drug-likeness (QED) is 0.220. The first-order valence-corrected chi connectivity index (χ1v) is 11.5. The second-order valence-corrected chi connectivity index (χ2v) is 8.05. The number of benzene rings is 1. The zero-order valence-corrected chi connectivity index (χ0v) is 20.5. The van der Waals surface area contributed by atoms with Crippen molar-refractivity contribution in [3.63, 3.8) is 0 Å². The van der Waals surface area contributed by atoms with E-state index in [9.17, 15) is 26.7 Å². The summed E-state index contributed by atoms with van der Waals surface area (Å²) >= 11 is 0. The molecule has 0 aliphatic heterocycles. The zero-order chi connectivity index (χ0) is 27.2. The molecular formula is C27H25F5N2O3. The molecule has 0 spiro atoms. The SMILES string of the molecule is CCC/C(=C(\C)c1cc(C(F)(F)F)cnc1OCc1c(F)cccc1F)c1cccc(C(=O)OCC)n1. The number of rotatable bonds is 9. The molecule has 37 heavy (non-hydrogen) atoms. The standard InChI is InChI=1S/C27H25F5N2O3/c1-4-8-18(23-11-7-12-24(34-23)26(35)36-5-2)16(3)19-13-17(27(30,31)32)14-33-25(19)37-15-20-21(28)9-6-10-22(20)29/h6-7,9-14H,4-5,8,15H2,1-3H3/b18-16-. The van der Waals surface area contributed by atoms with E-state index in [0.717, 1.165) is 18.2 Å². The lowest BCUT2D eigenvalue weighted by atomic mass is 9.95. The number of aromatic nitrogens is 2. The number of ether oxygens (including phenoxy) is 2. The Hall–Kier alpha value is -3.82. The lowest BCUT2D eigenvalue weighted by molar-refractivity contribution is -0.137. The molecule has 0 radical (unpaired) electrons. The molecule has 0 aliphatic carbocycles. The predicted molar refractivity (Wildman–Crippen MR) is 128 cm³/mol. The van der Waals surface area contributed by atoms with E-state index in [1.807, 2.05) is 6.92 Å². The third-order valence-electron chi connectivity index (χ3n) is 5.49. The second kappa shape index (κ2) is 11.9. The fourth-order valence-corrected chi connectivity index (χ4v) is 3.64. The fourth-order valence-electron chi connectivity index (χ4n) is 3.64. The van der Waals surface area contributed by atoms with E-state index in [1.165, 1.54) is 12.1 Å². The topological polar surface area (TPSA) is 61.3 Å². The second-order valence-electron chi connectivity index (χ2n) is 8.05. The van der Waals surface area contributed by atoms with Gasteiger partial charge in [0.05, 0.1) is 23.4 Å². The van der Waals surface area contributed by atoms with Crippen LogP contribution in [-0.4, -0.2) is 22.5 Å². The Morgan fingerprint density at radius 3 is 2.27 bits per heavy atom. The smallest absolute Gasteiger partial charge is 0.417 e. The minimum Gasteiger partial charge on any atom is -0.472 e. The van der Waals surface area contributed by atoms with E-state index < -0.39 is 36.0 Å². The molecular weight excluding hydrogens is 495 g/mol. The van der Waals surface area contributed by atoms with Crippen molar-refractivity contribution in [1.29, 1.82) is 0 Å². The number of alkyl halides is 3. The molecule has 196 valence electrons. The van der Waals surface area contributed by atoms with E-state index in [-0.39, 0.29) is 29.3 Å². The van der Waals surface area contributed by atoms with Crippen molar-refractivity contribution in [3.8, 4) is 5.88 Å². The molecule has 3 rings (SSSR count). The molecule has 0 bridgehead atoms. The number of hydrogen-bond donors (Lipinski definition) is 0. The molecule has 0 N–H and O–H groups in total. The Balaban J connectivity index is 2.13. The van der Waals surface area contributed by atoms with Crippen molar-refractivity contribution < 1.29 is 36.2 Å². The van der Waals surface area contributed by atoms with Crippen molar-refractivity contribution in [2.45, 2.75) is 46.4 Å². The van der Waals surface area contributed by atoms with Crippen LogP contribution in [0.4, 0.5) is 22.0 Å². The fraction of sp³-hybridized carbons (Fsp3) is 0.296. The van der Waals surface area contributed by atoms with Gasteiger partial charge in [-0.1, -0.05) is 25.5 Å². The van der Waals surface area contributed by atoms with Crippen molar-refractivity contribution in [3.05, 3.63) is 88.4 Å². The van der Waals surface area contributed by atoms with Gasteiger partial charge in [0.1, 0.15) is 23.9 Å². The molecule has 2 heterocycles. The number of carbonyl (C=O) groups is 1. The number of carbonyl (C=O) groups excluding carboxylic acids is 1. The van der Waals surface area contributed by atoms with Crippen LogP contribution in [-0.2, 0) is 17.5 Å². The molecule has 1 aromatic carbocycles. The van der Waals surface area contributed by atoms with Crippen molar-refractivity contribution in [2.24, 2.45) is 0 Å². The summed E-state index contributed by atoms with van der Waals surface area (Å²) in [4.78, 5) is 20.4. The van der Waals surface area contributed by atoms with Crippen LogP contribution in [0.1, 0.15) is 66.5 Å². The predicted octanol–water partition coefficient (Wildman–Crippen LogP) is 7.26. The van der Waals surface area contributed by atoms with Gasteiger partial charge < -0.3 is 9.47 Å². The van der Waals surface area contributed by atoms with Crippen molar-refractivity contribution in [1.82, 2.24) is 9.97 Å². The van der Waals surface area contributed by atoms with Gasteiger partial charge in [-0.2, -0.15) is 13.2 Å². The molecule has 0 amide bonds. The van der Waals surface area contributed by atoms with E-state index in [4.69, 9.17) is 9.47 Å². The van der Waals surface area contributed by atoms with Gasteiger partial charge in [-0.25, -0.2) is 23.5 Å². The number of pyridine rings is 2. The highest BCUT2D eigenvalue weighted by atomic mass is 19.4. The lowest BCUT2D eigenvalue weighted by Gasteiger charge is -2.18. The highest BCUT2D eigenvalue weighted by Gasteiger charge is 2.32. The van der Waals surface area contributed by atoms with Gasteiger partial charge in [-0.3, -0.25) is 0 Å². The maximum atomic E-state index is 14.1. The normalized spacial score (nSPS) is 12.2. The molecule has 0 saturated carbocycles. The minimum absolute atomic E-state index is 0.0154. The third kappa shape index (κ3) is 6.69. The van der Waals surface area contributed by atoms with Crippen LogP contribution in [0, 0.1) is 11.6 Å². The van der Waals surface area contributed by atoms with Crippen LogP contribution >= 0.6 is 0 Å². The van der Waals surface area contributed by atoms with Crippen LogP contribution in [0.25, 0.3) is 11.1 Å². The van der Waals surface area contributed by atoms with Gasteiger partial charge in [-0.05, 0) is 61.7 Å². The Morgan fingerprint density at radius 1 is 1.00 bits per heavy atom. The van der Waals surface area contributed by atoms with Crippen LogP contribution in [0.5, 0.6) is 5.88 Å². The molecule has 0 unspecified atom stereocenters. The summed E-state index contributed by atoms with van der Waals surface area (Å²) in [7, 11) is 0. The van der Waals surface area contributed by atoms with Gasteiger partial charge in [0, 0.05) is 11.8 Å². The number of nitrogens with zero attached hydrogens (tertiary/aromatic N) is 2. The molecule has 2 aromatic heterocycles. The van der Waals surface area contributed by atoms with Gasteiger partial charge >= 0.3 is 12.1 Å². The van der Waals surface area contributed by atoms with E-state index in [1.54, 1.807) is 26.0 Å². The summed E-state index contributed by atoms with van der Waals surface area (Å²) in [6, 6.07) is 8.88. The number of hydrogen-bond acceptors (Lipinski definition) is 5. The summed E-state index contributed by atoms with van der Waals surface area (Å²) in [6.45, 7) is 4.68. The summed E-state index contributed by atoms with van der Waals surface area (Å²) in [5.41, 5.74) is -0.0828. The Bertz CT molecular complexity index is 1290. The third-order valence-corrected chi connectivity index (χ3v) is 5.49. The molecule has 3 aromatic rings. The summed E-state index contributed by atoms with van der Waals surface area (Å²) in [5.74, 6) is -2.57. The molecule has 0 fully saturated rings. The van der Waals surface area contributed by atoms with Gasteiger partial charge in [0.15, 0.2) is 0 Å². The number of allylic oxidation sites excluding steroid dienone is 2. The monoisotopic (exact) mass is 520 g/mol. The van der Waals surface area contributed by atoms with Gasteiger partial charge in [-0.15, -0.1) is 0 Å². The van der Waals surface area contributed by atoms with E-state index >= 15 is 0 Å². The van der Waals surface area contributed by atoms with Gasteiger partial charge in [0.2, 0.25) is 5.88 Å².